The van der Waals surface area contributed by atoms with Gasteiger partial charge in [-0.3, -0.25) is 9.59 Å². The standard InChI is InChI=1S/C25H24F3N3O4/c1-16(18-11-12-18)30(15-25(26,27)28)21(32)14-35-24(34)22-19-9-5-6-10-20(19)23(33)31(29-22)13-17-7-3-2-4-8-17/h2-10,16,18H,11-15H2,1H3. The number of rotatable bonds is 8. The Morgan fingerprint density at radius 3 is 2.34 bits per heavy atom. The highest BCUT2D eigenvalue weighted by atomic mass is 19.4. The van der Waals surface area contributed by atoms with E-state index in [2.05, 4.69) is 5.10 Å². The van der Waals surface area contributed by atoms with Gasteiger partial charge in [0.1, 0.15) is 6.54 Å². The van der Waals surface area contributed by atoms with Crippen LogP contribution in [0.25, 0.3) is 10.8 Å². The Kier molecular flexibility index (Phi) is 6.90. The lowest BCUT2D eigenvalue weighted by atomic mass is 10.1. The number of hydrogen-bond acceptors (Lipinski definition) is 5. The maximum Gasteiger partial charge on any atom is 0.406 e. The van der Waals surface area contributed by atoms with Crippen molar-refractivity contribution in [3.05, 3.63) is 76.2 Å². The van der Waals surface area contributed by atoms with Crippen LogP contribution in [0.2, 0.25) is 0 Å². The summed E-state index contributed by atoms with van der Waals surface area (Å²) in [5.41, 5.74) is 0.178. The van der Waals surface area contributed by atoms with Crippen molar-refractivity contribution in [2.45, 2.75) is 38.5 Å². The summed E-state index contributed by atoms with van der Waals surface area (Å²) < 4.78 is 45.4. The molecule has 184 valence electrons. The third-order valence-electron chi connectivity index (χ3n) is 6.03. The summed E-state index contributed by atoms with van der Waals surface area (Å²) >= 11 is 0. The molecule has 1 saturated carbocycles. The zero-order valence-corrected chi connectivity index (χ0v) is 19.0. The van der Waals surface area contributed by atoms with Crippen LogP contribution in [0.15, 0.2) is 59.4 Å². The van der Waals surface area contributed by atoms with E-state index in [9.17, 15) is 27.6 Å². The highest BCUT2D eigenvalue weighted by Gasteiger charge is 2.40. The Bertz CT molecular complexity index is 1290. The van der Waals surface area contributed by atoms with Gasteiger partial charge in [-0.1, -0.05) is 48.5 Å². The average molecular weight is 487 g/mol. The molecule has 4 rings (SSSR count). The third kappa shape index (κ3) is 5.87. The van der Waals surface area contributed by atoms with Gasteiger partial charge in [0.2, 0.25) is 0 Å². The van der Waals surface area contributed by atoms with Crippen LogP contribution in [-0.2, 0) is 16.1 Å². The highest BCUT2D eigenvalue weighted by Crippen LogP contribution is 2.36. The Labute approximate surface area is 199 Å². The Morgan fingerprint density at radius 1 is 1.09 bits per heavy atom. The molecule has 7 nitrogen and oxygen atoms in total. The summed E-state index contributed by atoms with van der Waals surface area (Å²) in [5, 5.41) is 4.64. The van der Waals surface area contributed by atoms with E-state index in [0.717, 1.165) is 23.1 Å². The Balaban J connectivity index is 1.57. The van der Waals surface area contributed by atoms with Gasteiger partial charge in [-0.2, -0.15) is 18.3 Å². The van der Waals surface area contributed by atoms with Crippen LogP contribution in [-0.4, -0.2) is 51.9 Å². The Morgan fingerprint density at radius 2 is 1.71 bits per heavy atom. The van der Waals surface area contributed by atoms with Gasteiger partial charge in [0.25, 0.3) is 11.5 Å². The number of fused-ring (bicyclic) bond motifs is 1. The first-order valence-corrected chi connectivity index (χ1v) is 11.2. The monoisotopic (exact) mass is 487 g/mol. The van der Waals surface area contributed by atoms with E-state index in [1.165, 1.54) is 6.07 Å². The summed E-state index contributed by atoms with van der Waals surface area (Å²) in [6, 6.07) is 14.8. The molecule has 0 radical (unpaired) electrons. The van der Waals surface area contributed by atoms with E-state index in [0.29, 0.717) is 4.90 Å². The van der Waals surface area contributed by atoms with Crippen molar-refractivity contribution in [2.24, 2.45) is 5.92 Å². The topological polar surface area (TPSA) is 81.5 Å². The number of amides is 1. The average Bonchev–Trinajstić information content (AvgIpc) is 3.68. The minimum Gasteiger partial charge on any atom is -0.451 e. The fourth-order valence-electron chi connectivity index (χ4n) is 4.01. The molecule has 2 aromatic carbocycles. The normalized spacial score (nSPS) is 14.5. The first kappa shape index (κ1) is 24.4. The molecule has 0 saturated heterocycles. The number of halogens is 3. The van der Waals surface area contributed by atoms with Crippen molar-refractivity contribution in [3.63, 3.8) is 0 Å². The van der Waals surface area contributed by atoms with Crippen molar-refractivity contribution in [1.29, 1.82) is 0 Å². The SMILES string of the molecule is CC(C1CC1)N(CC(F)(F)F)C(=O)COC(=O)c1nn(Cc2ccccc2)c(=O)c2ccccc12. The molecule has 0 N–H and O–H groups in total. The van der Waals surface area contributed by atoms with Gasteiger partial charge in [-0.05, 0) is 37.3 Å². The fraction of sp³-hybridized carbons (Fsp3) is 0.360. The molecule has 35 heavy (non-hydrogen) atoms. The number of hydrogen-bond donors (Lipinski definition) is 0. The van der Waals surface area contributed by atoms with Gasteiger partial charge >= 0.3 is 12.1 Å². The quantitative estimate of drug-likeness (QED) is 0.452. The minimum absolute atomic E-state index is 0.00385. The lowest BCUT2D eigenvalue weighted by Crippen LogP contribution is -2.47. The molecule has 10 heteroatoms. The number of nitrogens with zero attached hydrogens (tertiary/aromatic N) is 3. The van der Waals surface area contributed by atoms with Gasteiger partial charge in [0.05, 0.1) is 11.9 Å². The number of aromatic nitrogens is 2. The van der Waals surface area contributed by atoms with Gasteiger partial charge in [0.15, 0.2) is 12.3 Å². The second-order valence-corrected chi connectivity index (χ2v) is 8.63. The summed E-state index contributed by atoms with van der Waals surface area (Å²) in [5.74, 6) is -1.93. The van der Waals surface area contributed by atoms with E-state index in [4.69, 9.17) is 4.74 Å². The summed E-state index contributed by atoms with van der Waals surface area (Å²) in [6.45, 7) is -0.608. The van der Waals surface area contributed by atoms with Crippen molar-refractivity contribution < 1.29 is 27.5 Å². The summed E-state index contributed by atoms with van der Waals surface area (Å²) in [6.07, 6.45) is -3.07. The van der Waals surface area contributed by atoms with E-state index in [-0.39, 0.29) is 28.9 Å². The Hall–Kier alpha value is -3.69. The van der Waals surface area contributed by atoms with Crippen molar-refractivity contribution in [3.8, 4) is 0 Å². The molecule has 1 aliphatic rings. The van der Waals surface area contributed by atoms with Crippen LogP contribution in [0.1, 0.15) is 35.8 Å². The highest BCUT2D eigenvalue weighted by molar-refractivity contribution is 6.02. The molecule has 0 bridgehead atoms. The molecule has 1 aromatic heterocycles. The molecule has 1 heterocycles. The van der Waals surface area contributed by atoms with Crippen LogP contribution in [0, 0.1) is 5.92 Å². The van der Waals surface area contributed by atoms with E-state index < -0.39 is 42.8 Å². The second kappa shape index (κ2) is 9.89. The van der Waals surface area contributed by atoms with Crippen LogP contribution in [0.3, 0.4) is 0 Å². The van der Waals surface area contributed by atoms with Crippen molar-refractivity contribution in [2.75, 3.05) is 13.2 Å². The number of esters is 1. The lowest BCUT2D eigenvalue weighted by Gasteiger charge is -2.30. The molecule has 3 aromatic rings. The second-order valence-electron chi connectivity index (χ2n) is 8.63. The largest absolute Gasteiger partial charge is 0.451 e. The minimum atomic E-state index is -4.58. The molecule has 1 unspecified atom stereocenters. The number of carbonyl (C=O) groups excluding carboxylic acids is 2. The molecule has 1 aliphatic carbocycles. The third-order valence-corrected chi connectivity index (χ3v) is 6.03. The van der Waals surface area contributed by atoms with E-state index >= 15 is 0 Å². The van der Waals surface area contributed by atoms with Crippen molar-refractivity contribution >= 4 is 22.6 Å². The van der Waals surface area contributed by atoms with Crippen LogP contribution in [0.5, 0.6) is 0 Å². The smallest absolute Gasteiger partial charge is 0.406 e. The molecule has 0 aliphatic heterocycles. The number of ether oxygens (including phenoxy) is 1. The maximum atomic E-state index is 13.1. The first-order chi connectivity index (χ1) is 16.6. The summed E-state index contributed by atoms with van der Waals surface area (Å²) in [7, 11) is 0. The van der Waals surface area contributed by atoms with E-state index in [1.54, 1.807) is 49.4 Å². The van der Waals surface area contributed by atoms with Gasteiger partial charge in [-0.25, -0.2) is 9.48 Å². The zero-order valence-electron chi connectivity index (χ0n) is 19.0. The van der Waals surface area contributed by atoms with Crippen LogP contribution >= 0.6 is 0 Å². The van der Waals surface area contributed by atoms with Gasteiger partial charge in [0, 0.05) is 11.4 Å². The predicted molar refractivity (Wildman–Crippen MR) is 122 cm³/mol. The molecule has 1 fully saturated rings. The zero-order chi connectivity index (χ0) is 25.2. The molecule has 1 atom stereocenters. The number of alkyl halides is 3. The lowest BCUT2D eigenvalue weighted by molar-refractivity contribution is -0.167. The van der Waals surface area contributed by atoms with Gasteiger partial charge < -0.3 is 9.64 Å². The first-order valence-electron chi connectivity index (χ1n) is 11.2. The van der Waals surface area contributed by atoms with E-state index in [1.807, 2.05) is 6.07 Å². The molecule has 0 spiro atoms. The van der Waals surface area contributed by atoms with Crippen LogP contribution in [0.4, 0.5) is 13.2 Å². The van der Waals surface area contributed by atoms with Crippen molar-refractivity contribution in [1.82, 2.24) is 14.7 Å². The fourth-order valence-corrected chi connectivity index (χ4v) is 4.01. The number of benzene rings is 2. The molecular formula is C25H24F3N3O4. The molecule has 1 amide bonds. The maximum absolute atomic E-state index is 13.1. The van der Waals surface area contributed by atoms with Gasteiger partial charge in [-0.15, -0.1) is 0 Å². The number of carbonyl (C=O) groups is 2. The summed E-state index contributed by atoms with van der Waals surface area (Å²) in [4.78, 5) is 39.2. The predicted octanol–water partition coefficient (Wildman–Crippen LogP) is 3.79. The van der Waals surface area contributed by atoms with Crippen LogP contribution < -0.4 is 5.56 Å². The molecular weight excluding hydrogens is 463 g/mol.